The smallest absolute Gasteiger partial charge is 0.418 e. The van der Waals surface area contributed by atoms with E-state index >= 15 is 0 Å². The molecule has 2 rings (SSSR count). The molecule has 0 heterocycles. The van der Waals surface area contributed by atoms with E-state index in [-0.39, 0.29) is 11.4 Å². The zero-order valence-corrected chi connectivity index (χ0v) is 12.1. The number of hydrogen-bond donors (Lipinski definition) is 2. The number of phenols is 1. The van der Waals surface area contributed by atoms with Crippen LogP contribution < -0.4 is 5.43 Å². The highest BCUT2D eigenvalue weighted by atomic mass is 19.4. The first kappa shape index (κ1) is 15.9. The lowest BCUT2D eigenvalue weighted by Gasteiger charge is -2.12. The van der Waals surface area contributed by atoms with Crippen molar-refractivity contribution in [2.24, 2.45) is 5.10 Å². The molecule has 3 nitrogen and oxygen atoms in total. The summed E-state index contributed by atoms with van der Waals surface area (Å²) >= 11 is 0. The molecule has 0 spiro atoms. The SMILES string of the molecule is C/C(=N\Nc1ccccc1C(F)(F)F)c1cc(C)ccc1O. The van der Waals surface area contributed by atoms with Crippen molar-refractivity contribution >= 4 is 11.4 Å². The van der Waals surface area contributed by atoms with Crippen LogP contribution in [0.3, 0.4) is 0 Å². The van der Waals surface area contributed by atoms with Gasteiger partial charge in [-0.05, 0) is 38.1 Å². The third kappa shape index (κ3) is 3.58. The lowest BCUT2D eigenvalue weighted by atomic mass is 10.1. The fourth-order valence-electron chi connectivity index (χ4n) is 1.97. The van der Waals surface area contributed by atoms with E-state index in [0.29, 0.717) is 11.3 Å². The number of halogens is 3. The molecule has 0 amide bonds. The van der Waals surface area contributed by atoms with Gasteiger partial charge < -0.3 is 5.11 Å². The molecule has 0 aliphatic heterocycles. The number of alkyl halides is 3. The molecule has 0 saturated heterocycles. The molecule has 6 heteroatoms. The summed E-state index contributed by atoms with van der Waals surface area (Å²) in [6, 6.07) is 10.1. The third-order valence-corrected chi connectivity index (χ3v) is 3.12. The van der Waals surface area contributed by atoms with Gasteiger partial charge in [0.15, 0.2) is 0 Å². The van der Waals surface area contributed by atoms with Gasteiger partial charge in [-0.25, -0.2) is 0 Å². The number of hydrazone groups is 1. The first-order chi connectivity index (χ1) is 10.3. The Kier molecular flexibility index (Phi) is 4.40. The van der Waals surface area contributed by atoms with Crippen molar-refractivity contribution in [1.29, 1.82) is 0 Å². The van der Waals surface area contributed by atoms with Gasteiger partial charge in [0.05, 0.1) is 17.0 Å². The molecule has 2 aromatic carbocycles. The lowest BCUT2D eigenvalue weighted by Crippen LogP contribution is -2.09. The van der Waals surface area contributed by atoms with Crippen molar-refractivity contribution in [1.82, 2.24) is 0 Å². The second-order valence-corrected chi connectivity index (χ2v) is 4.87. The third-order valence-electron chi connectivity index (χ3n) is 3.12. The Balaban J connectivity index is 2.31. The molecular formula is C16H15F3N2O. The van der Waals surface area contributed by atoms with Crippen molar-refractivity contribution in [3.05, 3.63) is 59.2 Å². The molecule has 0 atom stereocenters. The average molecular weight is 308 g/mol. The van der Waals surface area contributed by atoms with E-state index in [0.717, 1.165) is 11.6 Å². The van der Waals surface area contributed by atoms with Crippen LogP contribution in [0.1, 0.15) is 23.6 Å². The minimum absolute atomic E-state index is 0.0257. The molecule has 22 heavy (non-hydrogen) atoms. The van der Waals surface area contributed by atoms with Crippen LogP contribution in [0, 0.1) is 6.92 Å². The number of nitrogens with one attached hydrogen (secondary N) is 1. The van der Waals surface area contributed by atoms with Gasteiger partial charge in [0.1, 0.15) is 5.75 Å². The van der Waals surface area contributed by atoms with Crippen molar-refractivity contribution in [2.75, 3.05) is 5.43 Å². The van der Waals surface area contributed by atoms with Gasteiger partial charge in [-0.2, -0.15) is 18.3 Å². The van der Waals surface area contributed by atoms with Crippen molar-refractivity contribution in [3.8, 4) is 5.75 Å². The predicted octanol–water partition coefficient (Wildman–Crippen LogP) is 4.56. The van der Waals surface area contributed by atoms with Crippen LogP contribution in [0.25, 0.3) is 0 Å². The predicted molar refractivity (Wildman–Crippen MR) is 80.1 cm³/mol. The van der Waals surface area contributed by atoms with E-state index in [2.05, 4.69) is 10.5 Å². The number of aromatic hydroxyl groups is 1. The molecule has 2 N–H and O–H groups in total. The molecule has 0 bridgehead atoms. The Hall–Kier alpha value is -2.50. The van der Waals surface area contributed by atoms with Gasteiger partial charge >= 0.3 is 6.18 Å². The highest BCUT2D eigenvalue weighted by Gasteiger charge is 2.33. The largest absolute Gasteiger partial charge is 0.507 e. The second-order valence-electron chi connectivity index (χ2n) is 4.87. The van der Waals surface area contributed by atoms with Crippen LogP contribution in [0.15, 0.2) is 47.6 Å². The van der Waals surface area contributed by atoms with Crippen LogP contribution >= 0.6 is 0 Å². The summed E-state index contributed by atoms with van der Waals surface area (Å²) in [5.41, 5.74) is 3.26. The summed E-state index contributed by atoms with van der Waals surface area (Å²) in [5, 5.41) is 13.7. The number of benzene rings is 2. The first-order valence-corrected chi connectivity index (χ1v) is 6.55. The summed E-state index contributed by atoms with van der Waals surface area (Å²) < 4.78 is 38.7. The summed E-state index contributed by atoms with van der Waals surface area (Å²) in [7, 11) is 0. The molecule has 0 unspecified atom stereocenters. The Morgan fingerprint density at radius 2 is 1.82 bits per heavy atom. The average Bonchev–Trinajstić information content (AvgIpc) is 2.46. The van der Waals surface area contributed by atoms with Crippen molar-refractivity contribution < 1.29 is 18.3 Å². The number of phenolic OH excluding ortho intramolecular Hbond substituents is 1. The minimum atomic E-state index is -4.46. The number of hydrogen-bond acceptors (Lipinski definition) is 3. The van der Waals surface area contributed by atoms with Crippen LogP contribution in [-0.2, 0) is 6.18 Å². The monoisotopic (exact) mass is 308 g/mol. The molecule has 0 fully saturated rings. The zero-order chi connectivity index (χ0) is 16.3. The second kappa shape index (κ2) is 6.09. The van der Waals surface area contributed by atoms with Crippen molar-refractivity contribution in [2.45, 2.75) is 20.0 Å². The van der Waals surface area contributed by atoms with Crippen LogP contribution in [-0.4, -0.2) is 10.8 Å². The highest BCUT2D eigenvalue weighted by molar-refractivity contribution is 6.01. The van der Waals surface area contributed by atoms with Gasteiger partial charge in [-0.1, -0.05) is 23.8 Å². The van der Waals surface area contributed by atoms with Gasteiger partial charge in [0, 0.05) is 5.56 Å². The van der Waals surface area contributed by atoms with E-state index in [1.165, 1.54) is 24.3 Å². The Bertz CT molecular complexity index is 709. The summed E-state index contributed by atoms with van der Waals surface area (Å²) in [6.45, 7) is 3.46. The maximum absolute atomic E-state index is 12.9. The Labute approximate surface area is 126 Å². The quantitative estimate of drug-likeness (QED) is 0.645. The molecule has 0 aliphatic rings. The fourth-order valence-corrected chi connectivity index (χ4v) is 1.97. The molecule has 0 radical (unpaired) electrons. The topological polar surface area (TPSA) is 44.6 Å². The van der Waals surface area contributed by atoms with Crippen LogP contribution in [0.2, 0.25) is 0 Å². The maximum Gasteiger partial charge on any atom is 0.418 e. The number of para-hydroxylation sites is 1. The molecule has 0 aromatic heterocycles. The Morgan fingerprint density at radius 1 is 1.14 bits per heavy atom. The molecule has 0 aliphatic carbocycles. The van der Waals surface area contributed by atoms with E-state index in [9.17, 15) is 18.3 Å². The normalized spacial score (nSPS) is 12.3. The maximum atomic E-state index is 12.9. The van der Waals surface area contributed by atoms with Gasteiger partial charge in [-0.3, -0.25) is 5.43 Å². The standard InChI is InChI=1S/C16H15F3N2O/c1-10-7-8-15(22)12(9-10)11(2)20-21-14-6-4-3-5-13(14)16(17,18)19/h3-9,21-22H,1-2H3/b20-11+. The zero-order valence-electron chi connectivity index (χ0n) is 12.1. The van der Waals surface area contributed by atoms with Crippen molar-refractivity contribution in [3.63, 3.8) is 0 Å². The number of aryl methyl sites for hydroxylation is 1. The summed E-state index contributed by atoms with van der Waals surface area (Å²) in [5.74, 6) is 0.0257. The summed E-state index contributed by atoms with van der Waals surface area (Å²) in [6.07, 6.45) is -4.46. The molecule has 2 aromatic rings. The highest BCUT2D eigenvalue weighted by Crippen LogP contribution is 2.34. The molecule has 116 valence electrons. The minimum Gasteiger partial charge on any atom is -0.507 e. The van der Waals surface area contributed by atoms with E-state index in [4.69, 9.17) is 0 Å². The number of rotatable bonds is 3. The van der Waals surface area contributed by atoms with E-state index < -0.39 is 11.7 Å². The molecular weight excluding hydrogens is 293 g/mol. The summed E-state index contributed by atoms with van der Waals surface area (Å²) in [4.78, 5) is 0. The first-order valence-electron chi connectivity index (χ1n) is 6.55. The van der Waals surface area contributed by atoms with Gasteiger partial charge in [0.2, 0.25) is 0 Å². The van der Waals surface area contributed by atoms with E-state index in [1.54, 1.807) is 19.1 Å². The number of nitrogens with zero attached hydrogens (tertiary/aromatic N) is 1. The lowest BCUT2D eigenvalue weighted by molar-refractivity contribution is -0.136. The van der Waals surface area contributed by atoms with Crippen LogP contribution in [0.4, 0.5) is 18.9 Å². The van der Waals surface area contributed by atoms with Gasteiger partial charge in [-0.15, -0.1) is 0 Å². The van der Waals surface area contributed by atoms with Gasteiger partial charge in [0.25, 0.3) is 0 Å². The molecule has 0 saturated carbocycles. The Morgan fingerprint density at radius 3 is 2.50 bits per heavy atom. The van der Waals surface area contributed by atoms with Crippen LogP contribution in [0.5, 0.6) is 5.75 Å². The number of anilines is 1. The fraction of sp³-hybridized carbons (Fsp3) is 0.188. The van der Waals surface area contributed by atoms with E-state index in [1.807, 2.05) is 6.92 Å².